The number of pyridine rings is 1. The Morgan fingerprint density at radius 1 is 0.842 bits per heavy atom. The van der Waals surface area contributed by atoms with Gasteiger partial charge in [-0.1, -0.05) is 85.6 Å². The number of amides is 1. The summed E-state index contributed by atoms with van der Waals surface area (Å²) in [7, 11) is 0. The summed E-state index contributed by atoms with van der Waals surface area (Å²) in [5.74, 6) is 1.66. The average Bonchev–Trinajstić information content (AvgIpc) is 3.65. The minimum Gasteiger partial charge on any atom is -0.338 e. The van der Waals surface area contributed by atoms with E-state index in [4.69, 9.17) is 10.1 Å². The van der Waals surface area contributed by atoms with E-state index in [1.165, 1.54) is 18.2 Å². The smallest absolute Gasteiger partial charge is 0.227 e. The Morgan fingerprint density at radius 3 is 2.39 bits per heavy atom. The molecule has 190 valence electrons. The quantitative estimate of drug-likeness (QED) is 0.255. The fraction of sp³-hybridized carbons (Fsp3) is 0.250. The van der Waals surface area contributed by atoms with Crippen molar-refractivity contribution in [2.45, 2.75) is 44.7 Å². The SMILES string of the molecule is O=C(Cc1cccc2ccccc12)N(CCn1nc(-c2ccccc2)nc1-c1ccncc1)C1CCCC1. The summed E-state index contributed by atoms with van der Waals surface area (Å²) < 4.78 is 1.95. The fourth-order valence-electron chi connectivity index (χ4n) is 5.56. The van der Waals surface area contributed by atoms with Crippen LogP contribution in [0, 0.1) is 0 Å². The number of benzene rings is 3. The molecule has 6 nitrogen and oxygen atoms in total. The van der Waals surface area contributed by atoms with Crippen LogP contribution < -0.4 is 0 Å². The second-order valence-corrected chi connectivity index (χ2v) is 9.92. The second-order valence-electron chi connectivity index (χ2n) is 9.92. The zero-order valence-corrected chi connectivity index (χ0v) is 21.4. The highest BCUT2D eigenvalue weighted by molar-refractivity contribution is 5.90. The molecule has 2 aromatic heterocycles. The number of nitrogens with zero attached hydrogens (tertiary/aromatic N) is 5. The van der Waals surface area contributed by atoms with E-state index < -0.39 is 0 Å². The molecular weight excluding hydrogens is 470 g/mol. The highest BCUT2D eigenvalue weighted by atomic mass is 16.2. The normalized spacial score (nSPS) is 13.7. The Balaban J connectivity index is 1.28. The summed E-state index contributed by atoms with van der Waals surface area (Å²) in [5.41, 5.74) is 3.02. The number of rotatable bonds is 8. The largest absolute Gasteiger partial charge is 0.338 e. The van der Waals surface area contributed by atoms with Crippen molar-refractivity contribution in [3.05, 3.63) is 103 Å². The van der Waals surface area contributed by atoms with E-state index in [1.807, 2.05) is 65.3 Å². The molecule has 0 saturated heterocycles. The van der Waals surface area contributed by atoms with Crippen LogP contribution >= 0.6 is 0 Å². The van der Waals surface area contributed by atoms with Crippen molar-refractivity contribution in [1.82, 2.24) is 24.6 Å². The monoisotopic (exact) mass is 501 g/mol. The third kappa shape index (κ3) is 5.07. The predicted octanol–water partition coefficient (Wildman–Crippen LogP) is 6.17. The molecule has 1 aliphatic rings. The van der Waals surface area contributed by atoms with Crippen molar-refractivity contribution >= 4 is 16.7 Å². The molecule has 2 heterocycles. The summed E-state index contributed by atoms with van der Waals surface area (Å²) in [5, 5.41) is 7.21. The minimum absolute atomic E-state index is 0.183. The summed E-state index contributed by atoms with van der Waals surface area (Å²) in [6.45, 7) is 1.18. The van der Waals surface area contributed by atoms with Gasteiger partial charge in [-0.25, -0.2) is 9.67 Å². The van der Waals surface area contributed by atoms with Gasteiger partial charge >= 0.3 is 0 Å². The van der Waals surface area contributed by atoms with Gasteiger partial charge in [0.25, 0.3) is 0 Å². The number of fused-ring (bicyclic) bond motifs is 1. The Kier molecular flexibility index (Phi) is 6.94. The molecule has 0 N–H and O–H groups in total. The molecular formula is C32H31N5O. The number of hydrogen-bond acceptors (Lipinski definition) is 4. The first-order chi connectivity index (χ1) is 18.8. The molecule has 0 unspecified atom stereocenters. The molecule has 1 amide bonds. The number of aromatic nitrogens is 4. The van der Waals surface area contributed by atoms with Gasteiger partial charge in [-0.05, 0) is 41.3 Å². The first kappa shape index (κ1) is 24.0. The van der Waals surface area contributed by atoms with Crippen LogP contribution in [0.15, 0.2) is 97.3 Å². The van der Waals surface area contributed by atoms with Gasteiger partial charge in [0.05, 0.1) is 13.0 Å². The molecule has 1 fully saturated rings. The van der Waals surface area contributed by atoms with Gasteiger partial charge in [0.2, 0.25) is 5.91 Å². The van der Waals surface area contributed by atoms with Crippen LogP contribution in [0.3, 0.4) is 0 Å². The standard InChI is InChI=1S/C32H31N5O/c38-30(23-27-13-8-12-24-9-4-7-16-29(24)27)36(28-14-5-6-15-28)21-22-37-32(26-17-19-33-20-18-26)34-31(35-37)25-10-2-1-3-11-25/h1-4,7-13,16-20,28H,5-6,14-15,21-23H2. The van der Waals surface area contributed by atoms with Crippen molar-refractivity contribution in [3.8, 4) is 22.8 Å². The summed E-state index contributed by atoms with van der Waals surface area (Å²) in [6, 6.07) is 28.7. The number of carbonyl (C=O) groups excluding carboxylic acids is 1. The molecule has 1 saturated carbocycles. The van der Waals surface area contributed by atoms with E-state index in [9.17, 15) is 4.79 Å². The Labute approximate surface area is 223 Å². The lowest BCUT2D eigenvalue weighted by atomic mass is 10.0. The van der Waals surface area contributed by atoms with Gasteiger partial charge in [0.1, 0.15) is 0 Å². The van der Waals surface area contributed by atoms with Crippen molar-refractivity contribution in [2.24, 2.45) is 0 Å². The van der Waals surface area contributed by atoms with Gasteiger partial charge in [-0.3, -0.25) is 9.78 Å². The first-order valence-corrected chi connectivity index (χ1v) is 13.4. The van der Waals surface area contributed by atoms with E-state index in [2.05, 4.69) is 34.1 Å². The summed E-state index contributed by atoms with van der Waals surface area (Å²) in [4.78, 5) is 25.0. The van der Waals surface area contributed by atoms with Gasteiger partial charge in [0.15, 0.2) is 11.6 Å². The van der Waals surface area contributed by atoms with Crippen LogP contribution in [0.1, 0.15) is 31.2 Å². The minimum atomic E-state index is 0.183. The van der Waals surface area contributed by atoms with Crippen molar-refractivity contribution in [1.29, 1.82) is 0 Å². The number of hydrogen-bond donors (Lipinski definition) is 0. The van der Waals surface area contributed by atoms with Crippen LogP contribution in [-0.2, 0) is 17.8 Å². The number of carbonyl (C=O) groups is 1. The van der Waals surface area contributed by atoms with E-state index in [1.54, 1.807) is 12.4 Å². The predicted molar refractivity (Wildman–Crippen MR) is 150 cm³/mol. The maximum Gasteiger partial charge on any atom is 0.227 e. The zero-order chi connectivity index (χ0) is 25.7. The highest BCUT2D eigenvalue weighted by Crippen LogP contribution is 2.27. The molecule has 0 atom stereocenters. The third-order valence-corrected chi connectivity index (χ3v) is 7.50. The maximum absolute atomic E-state index is 13.8. The Morgan fingerprint density at radius 2 is 1.58 bits per heavy atom. The van der Waals surface area contributed by atoms with E-state index in [0.717, 1.165) is 40.7 Å². The molecule has 6 rings (SSSR count). The fourth-order valence-corrected chi connectivity index (χ4v) is 5.56. The average molecular weight is 502 g/mol. The molecule has 0 spiro atoms. The molecule has 0 radical (unpaired) electrons. The van der Waals surface area contributed by atoms with Gasteiger partial charge in [-0.2, -0.15) is 5.10 Å². The molecule has 0 aliphatic heterocycles. The summed E-state index contributed by atoms with van der Waals surface area (Å²) in [6.07, 6.45) is 8.42. The van der Waals surface area contributed by atoms with Crippen LogP contribution in [-0.4, -0.2) is 43.1 Å². The topological polar surface area (TPSA) is 63.9 Å². The molecule has 3 aromatic carbocycles. The van der Waals surface area contributed by atoms with Gasteiger partial charge in [0, 0.05) is 36.1 Å². The Bertz CT molecular complexity index is 1520. The lowest BCUT2D eigenvalue weighted by Crippen LogP contribution is -2.42. The van der Waals surface area contributed by atoms with Crippen LogP contribution in [0.5, 0.6) is 0 Å². The van der Waals surface area contributed by atoms with Gasteiger partial charge < -0.3 is 4.90 Å². The van der Waals surface area contributed by atoms with E-state index in [-0.39, 0.29) is 11.9 Å². The van der Waals surface area contributed by atoms with Crippen molar-refractivity contribution < 1.29 is 4.79 Å². The Hall–Kier alpha value is -4.32. The van der Waals surface area contributed by atoms with E-state index >= 15 is 0 Å². The first-order valence-electron chi connectivity index (χ1n) is 13.4. The van der Waals surface area contributed by atoms with Crippen LogP contribution in [0.2, 0.25) is 0 Å². The second kappa shape index (κ2) is 11.0. The molecule has 38 heavy (non-hydrogen) atoms. The molecule has 6 heteroatoms. The molecule has 1 aliphatic carbocycles. The lowest BCUT2D eigenvalue weighted by Gasteiger charge is -2.29. The van der Waals surface area contributed by atoms with E-state index in [0.29, 0.717) is 25.3 Å². The molecule has 0 bridgehead atoms. The highest BCUT2D eigenvalue weighted by Gasteiger charge is 2.27. The van der Waals surface area contributed by atoms with Crippen LogP contribution in [0.25, 0.3) is 33.5 Å². The van der Waals surface area contributed by atoms with Gasteiger partial charge in [-0.15, -0.1) is 0 Å². The molecule has 5 aromatic rings. The van der Waals surface area contributed by atoms with Crippen molar-refractivity contribution in [2.75, 3.05) is 6.54 Å². The summed E-state index contributed by atoms with van der Waals surface area (Å²) >= 11 is 0. The lowest BCUT2D eigenvalue weighted by molar-refractivity contribution is -0.132. The van der Waals surface area contributed by atoms with Crippen LogP contribution in [0.4, 0.5) is 0 Å². The van der Waals surface area contributed by atoms with Crippen molar-refractivity contribution in [3.63, 3.8) is 0 Å². The third-order valence-electron chi connectivity index (χ3n) is 7.50. The maximum atomic E-state index is 13.8. The zero-order valence-electron chi connectivity index (χ0n) is 21.4.